The summed E-state index contributed by atoms with van der Waals surface area (Å²) in [6.45, 7) is 6.13. The first-order valence-electron chi connectivity index (χ1n) is 8.95. The number of carbonyl (C=O) groups is 2. The highest BCUT2D eigenvalue weighted by atomic mass is 16.2. The van der Waals surface area contributed by atoms with Crippen molar-refractivity contribution in [1.29, 1.82) is 0 Å². The van der Waals surface area contributed by atoms with Gasteiger partial charge in [0, 0.05) is 24.2 Å². The lowest BCUT2D eigenvalue weighted by atomic mass is 10.1. The molecule has 26 heavy (non-hydrogen) atoms. The molecule has 0 unspecified atom stereocenters. The molecule has 3 rings (SSSR count). The Morgan fingerprint density at radius 2 is 2.04 bits per heavy atom. The minimum absolute atomic E-state index is 0.161. The Morgan fingerprint density at radius 3 is 2.69 bits per heavy atom. The van der Waals surface area contributed by atoms with Crippen molar-refractivity contribution in [3.05, 3.63) is 47.2 Å². The molecule has 1 aliphatic heterocycles. The third kappa shape index (κ3) is 3.77. The molecule has 1 saturated heterocycles. The van der Waals surface area contributed by atoms with E-state index in [0.717, 1.165) is 36.3 Å². The second-order valence-corrected chi connectivity index (χ2v) is 6.67. The number of amides is 2. The number of aromatic nitrogens is 2. The Kier molecular flexibility index (Phi) is 5.37. The van der Waals surface area contributed by atoms with Crippen LogP contribution in [0.3, 0.4) is 0 Å². The average Bonchev–Trinajstić information content (AvgIpc) is 3.23. The number of benzene rings is 1. The van der Waals surface area contributed by atoms with E-state index in [1.807, 2.05) is 38.1 Å². The molecule has 1 aliphatic rings. The predicted molar refractivity (Wildman–Crippen MR) is 99.7 cm³/mol. The van der Waals surface area contributed by atoms with Gasteiger partial charge >= 0.3 is 0 Å². The molecule has 7 heteroatoms. The summed E-state index contributed by atoms with van der Waals surface area (Å²) in [5.74, 6) is 0.301. The van der Waals surface area contributed by atoms with E-state index in [1.165, 1.54) is 0 Å². The lowest BCUT2D eigenvalue weighted by molar-refractivity contribution is -0.122. The van der Waals surface area contributed by atoms with Crippen molar-refractivity contribution in [2.75, 3.05) is 11.9 Å². The smallest absolute Gasteiger partial charge is 0.256 e. The molecule has 0 radical (unpaired) electrons. The SMILES string of the molecule is CCn1ncc(C)c1NC(=O)c1ccc(CN2CCC[C@@H]2C(N)=O)cc1. The van der Waals surface area contributed by atoms with E-state index < -0.39 is 0 Å². The minimum atomic E-state index is -0.263. The van der Waals surface area contributed by atoms with Crippen molar-refractivity contribution < 1.29 is 9.59 Å². The van der Waals surface area contributed by atoms with E-state index in [1.54, 1.807) is 10.9 Å². The number of primary amides is 1. The van der Waals surface area contributed by atoms with E-state index >= 15 is 0 Å². The van der Waals surface area contributed by atoms with Crippen LogP contribution in [0.5, 0.6) is 0 Å². The molecule has 1 aromatic heterocycles. The van der Waals surface area contributed by atoms with Crippen molar-refractivity contribution in [3.63, 3.8) is 0 Å². The highest BCUT2D eigenvalue weighted by Crippen LogP contribution is 2.20. The van der Waals surface area contributed by atoms with Gasteiger partial charge in [0.1, 0.15) is 5.82 Å². The van der Waals surface area contributed by atoms with E-state index in [4.69, 9.17) is 5.73 Å². The number of rotatable bonds is 6. The number of nitrogens with one attached hydrogen (secondary N) is 1. The second-order valence-electron chi connectivity index (χ2n) is 6.67. The topological polar surface area (TPSA) is 93.2 Å². The van der Waals surface area contributed by atoms with Crippen molar-refractivity contribution >= 4 is 17.6 Å². The van der Waals surface area contributed by atoms with Crippen LogP contribution in [-0.4, -0.2) is 39.1 Å². The average molecular weight is 355 g/mol. The molecule has 0 aliphatic carbocycles. The molecule has 138 valence electrons. The number of hydrogen-bond acceptors (Lipinski definition) is 4. The molecule has 0 saturated carbocycles. The number of hydrogen-bond donors (Lipinski definition) is 2. The van der Waals surface area contributed by atoms with E-state index in [0.29, 0.717) is 18.7 Å². The monoisotopic (exact) mass is 355 g/mol. The Morgan fingerprint density at radius 1 is 1.31 bits per heavy atom. The van der Waals surface area contributed by atoms with Gasteiger partial charge in [-0.3, -0.25) is 14.5 Å². The normalized spacial score (nSPS) is 17.4. The molecule has 2 aromatic rings. The largest absolute Gasteiger partial charge is 0.368 e. The van der Waals surface area contributed by atoms with E-state index in [2.05, 4.69) is 15.3 Å². The van der Waals surface area contributed by atoms with Gasteiger partial charge in [0.2, 0.25) is 5.91 Å². The van der Waals surface area contributed by atoms with Crippen LogP contribution in [0.2, 0.25) is 0 Å². The molecule has 1 atom stereocenters. The van der Waals surface area contributed by atoms with Gasteiger partial charge in [-0.25, -0.2) is 4.68 Å². The van der Waals surface area contributed by atoms with Gasteiger partial charge in [-0.15, -0.1) is 0 Å². The molecule has 3 N–H and O–H groups in total. The number of likely N-dealkylation sites (tertiary alicyclic amines) is 1. The minimum Gasteiger partial charge on any atom is -0.368 e. The first kappa shape index (κ1) is 18.1. The molecule has 2 amide bonds. The Balaban J connectivity index is 1.66. The molecule has 7 nitrogen and oxygen atoms in total. The first-order chi connectivity index (χ1) is 12.5. The molecule has 0 bridgehead atoms. The van der Waals surface area contributed by atoms with E-state index in [-0.39, 0.29) is 17.9 Å². The fourth-order valence-corrected chi connectivity index (χ4v) is 3.39. The van der Waals surface area contributed by atoms with Crippen molar-refractivity contribution in [2.24, 2.45) is 5.73 Å². The van der Waals surface area contributed by atoms with Gasteiger partial charge in [0.05, 0.1) is 12.2 Å². The summed E-state index contributed by atoms with van der Waals surface area (Å²) in [5.41, 5.74) is 8.05. The molecule has 2 heterocycles. The van der Waals surface area contributed by atoms with Gasteiger partial charge in [-0.1, -0.05) is 12.1 Å². The fraction of sp³-hybridized carbons (Fsp3) is 0.421. The Hall–Kier alpha value is -2.67. The number of anilines is 1. The summed E-state index contributed by atoms with van der Waals surface area (Å²) < 4.78 is 1.76. The highest BCUT2D eigenvalue weighted by Gasteiger charge is 2.28. The van der Waals surface area contributed by atoms with Gasteiger partial charge in [-0.2, -0.15) is 5.10 Å². The number of aryl methyl sites for hydroxylation is 2. The maximum absolute atomic E-state index is 12.5. The van der Waals surface area contributed by atoms with Gasteiger partial charge < -0.3 is 11.1 Å². The molecule has 0 spiro atoms. The van der Waals surface area contributed by atoms with Crippen LogP contribution >= 0.6 is 0 Å². The lowest BCUT2D eigenvalue weighted by Gasteiger charge is -2.21. The van der Waals surface area contributed by atoms with Crippen LogP contribution in [0, 0.1) is 6.92 Å². The maximum Gasteiger partial charge on any atom is 0.256 e. The predicted octanol–water partition coefficient (Wildman–Crippen LogP) is 1.91. The van der Waals surface area contributed by atoms with E-state index in [9.17, 15) is 9.59 Å². The third-order valence-electron chi connectivity index (χ3n) is 4.85. The van der Waals surface area contributed by atoms with Crippen LogP contribution in [0.1, 0.15) is 41.3 Å². The van der Waals surface area contributed by atoms with Gasteiger partial charge in [0.25, 0.3) is 5.91 Å². The zero-order chi connectivity index (χ0) is 18.7. The van der Waals surface area contributed by atoms with Crippen LogP contribution in [0.25, 0.3) is 0 Å². The lowest BCUT2D eigenvalue weighted by Crippen LogP contribution is -2.39. The zero-order valence-electron chi connectivity index (χ0n) is 15.2. The Labute approximate surface area is 153 Å². The van der Waals surface area contributed by atoms with Crippen LogP contribution in [0.15, 0.2) is 30.5 Å². The van der Waals surface area contributed by atoms with Crippen LogP contribution in [-0.2, 0) is 17.9 Å². The zero-order valence-corrected chi connectivity index (χ0v) is 15.2. The summed E-state index contributed by atoms with van der Waals surface area (Å²) in [6, 6.07) is 7.28. The first-order valence-corrected chi connectivity index (χ1v) is 8.95. The van der Waals surface area contributed by atoms with Gasteiger partial charge in [0.15, 0.2) is 0 Å². The van der Waals surface area contributed by atoms with Crippen molar-refractivity contribution in [3.8, 4) is 0 Å². The van der Waals surface area contributed by atoms with Gasteiger partial charge in [-0.05, 0) is 50.9 Å². The summed E-state index contributed by atoms with van der Waals surface area (Å²) in [4.78, 5) is 26.1. The molecular formula is C19H25N5O2. The summed E-state index contributed by atoms with van der Waals surface area (Å²) in [6.07, 6.45) is 3.55. The maximum atomic E-state index is 12.5. The molecule has 1 aromatic carbocycles. The number of nitrogens with two attached hydrogens (primary N) is 1. The highest BCUT2D eigenvalue weighted by molar-refractivity contribution is 6.04. The Bertz CT molecular complexity index is 797. The van der Waals surface area contributed by atoms with Crippen LogP contribution in [0.4, 0.5) is 5.82 Å². The van der Waals surface area contributed by atoms with Crippen molar-refractivity contribution in [1.82, 2.24) is 14.7 Å². The van der Waals surface area contributed by atoms with Crippen LogP contribution < -0.4 is 11.1 Å². The number of carbonyl (C=O) groups excluding carboxylic acids is 2. The fourth-order valence-electron chi connectivity index (χ4n) is 3.39. The molecular weight excluding hydrogens is 330 g/mol. The second kappa shape index (κ2) is 7.70. The number of nitrogens with zero attached hydrogens (tertiary/aromatic N) is 3. The van der Waals surface area contributed by atoms with Crippen molar-refractivity contribution in [2.45, 2.75) is 45.8 Å². The third-order valence-corrected chi connectivity index (χ3v) is 4.85. The summed E-state index contributed by atoms with van der Waals surface area (Å²) in [7, 11) is 0. The quantitative estimate of drug-likeness (QED) is 0.828. The summed E-state index contributed by atoms with van der Waals surface area (Å²) >= 11 is 0. The standard InChI is InChI=1S/C19H25N5O2/c1-3-24-18(13(2)11-21-24)22-19(26)15-8-6-14(7-9-15)12-23-10-4-5-16(23)17(20)25/h6-9,11,16H,3-5,10,12H2,1-2H3,(H2,20,25)(H,22,26)/t16-/m1/s1. The summed E-state index contributed by atoms with van der Waals surface area (Å²) in [5, 5.41) is 7.16. The molecule has 1 fully saturated rings.